The van der Waals surface area contributed by atoms with E-state index in [2.05, 4.69) is 29.5 Å². The summed E-state index contributed by atoms with van der Waals surface area (Å²) in [6.45, 7) is 6.98. The van der Waals surface area contributed by atoms with Gasteiger partial charge < -0.3 is 10.6 Å². The van der Waals surface area contributed by atoms with Crippen LogP contribution in [0.2, 0.25) is 0 Å². The van der Waals surface area contributed by atoms with E-state index in [0.29, 0.717) is 5.56 Å². The second kappa shape index (κ2) is 6.73. The van der Waals surface area contributed by atoms with Gasteiger partial charge in [0.15, 0.2) is 0 Å². The van der Waals surface area contributed by atoms with Gasteiger partial charge in [0.05, 0.1) is 0 Å². The predicted molar refractivity (Wildman–Crippen MR) is 82.0 cm³/mol. The number of anilines is 1. The Morgan fingerprint density at radius 1 is 1.45 bits per heavy atom. The number of aromatic nitrogens is 1. The van der Waals surface area contributed by atoms with E-state index < -0.39 is 0 Å². The van der Waals surface area contributed by atoms with Gasteiger partial charge in [0.1, 0.15) is 5.82 Å². The average Bonchev–Trinajstić information content (AvgIpc) is 3.19. The van der Waals surface area contributed by atoms with Crippen molar-refractivity contribution in [1.29, 1.82) is 0 Å². The molecule has 0 bridgehead atoms. The lowest BCUT2D eigenvalue weighted by molar-refractivity contribution is 0.0937. The van der Waals surface area contributed by atoms with Crippen LogP contribution >= 0.6 is 0 Å². The molecule has 0 saturated heterocycles. The molecule has 1 saturated carbocycles. The summed E-state index contributed by atoms with van der Waals surface area (Å²) in [4.78, 5) is 16.7. The minimum Gasteiger partial charge on any atom is -0.370 e. The van der Waals surface area contributed by atoms with E-state index in [1.165, 1.54) is 12.8 Å². The molecule has 1 heterocycles. The van der Waals surface area contributed by atoms with Crippen molar-refractivity contribution >= 4 is 11.7 Å². The first-order valence-electron chi connectivity index (χ1n) is 7.62. The van der Waals surface area contributed by atoms with Crippen LogP contribution in [0.3, 0.4) is 0 Å². The monoisotopic (exact) mass is 275 g/mol. The van der Waals surface area contributed by atoms with Crippen molar-refractivity contribution in [3.63, 3.8) is 0 Å². The molecule has 0 aliphatic heterocycles. The van der Waals surface area contributed by atoms with Crippen LogP contribution in [0.5, 0.6) is 0 Å². The van der Waals surface area contributed by atoms with Crippen LogP contribution in [0.4, 0.5) is 5.82 Å². The lowest BCUT2D eigenvalue weighted by atomic mass is 10.1. The third kappa shape index (κ3) is 4.51. The highest BCUT2D eigenvalue weighted by atomic mass is 16.1. The number of hydrogen-bond donors (Lipinski definition) is 2. The van der Waals surface area contributed by atoms with Crippen molar-refractivity contribution in [1.82, 2.24) is 10.3 Å². The van der Waals surface area contributed by atoms with Gasteiger partial charge in [-0.2, -0.15) is 0 Å². The van der Waals surface area contributed by atoms with E-state index in [1.54, 1.807) is 0 Å². The molecule has 0 spiro atoms. The molecule has 110 valence electrons. The quantitative estimate of drug-likeness (QED) is 0.804. The fraction of sp³-hybridized carbons (Fsp3) is 0.625. The van der Waals surface area contributed by atoms with E-state index in [9.17, 15) is 4.79 Å². The van der Waals surface area contributed by atoms with Gasteiger partial charge in [-0.05, 0) is 44.7 Å². The molecule has 1 amide bonds. The highest BCUT2D eigenvalue weighted by Gasteiger charge is 2.24. The molecule has 1 fully saturated rings. The molecule has 4 nitrogen and oxygen atoms in total. The second-order valence-corrected chi connectivity index (χ2v) is 5.86. The van der Waals surface area contributed by atoms with Crippen molar-refractivity contribution < 1.29 is 4.79 Å². The van der Waals surface area contributed by atoms with Gasteiger partial charge in [-0.1, -0.05) is 19.8 Å². The largest absolute Gasteiger partial charge is 0.370 e. The Balaban J connectivity index is 1.98. The van der Waals surface area contributed by atoms with Crippen molar-refractivity contribution in [2.45, 2.75) is 52.5 Å². The van der Waals surface area contributed by atoms with Crippen LogP contribution < -0.4 is 10.6 Å². The number of pyridine rings is 1. The first kappa shape index (κ1) is 14.8. The Bertz CT molecular complexity index is 469. The molecule has 1 aliphatic rings. The van der Waals surface area contributed by atoms with E-state index in [4.69, 9.17) is 0 Å². The molecule has 1 aliphatic carbocycles. The Morgan fingerprint density at radius 2 is 2.20 bits per heavy atom. The molecule has 2 N–H and O–H groups in total. The van der Waals surface area contributed by atoms with Crippen molar-refractivity contribution in [3.05, 3.63) is 23.4 Å². The van der Waals surface area contributed by atoms with Crippen molar-refractivity contribution in [3.8, 4) is 0 Å². The molecule has 1 unspecified atom stereocenters. The predicted octanol–water partition coefficient (Wildman–Crippen LogP) is 3.13. The SMILES string of the molecule is CCCNc1cc(C(=O)NC(C)CC2CC2)cc(C)n1. The van der Waals surface area contributed by atoms with Gasteiger partial charge in [-0.25, -0.2) is 4.98 Å². The number of aryl methyl sites for hydroxylation is 1. The third-order valence-electron chi connectivity index (χ3n) is 3.53. The summed E-state index contributed by atoms with van der Waals surface area (Å²) in [5, 5.41) is 6.32. The number of carbonyl (C=O) groups excluding carboxylic acids is 1. The zero-order valence-corrected chi connectivity index (χ0v) is 12.7. The molecule has 0 radical (unpaired) electrons. The summed E-state index contributed by atoms with van der Waals surface area (Å²) in [5.41, 5.74) is 1.56. The molecule has 0 aromatic carbocycles. The Morgan fingerprint density at radius 3 is 2.85 bits per heavy atom. The Labute approximate surface area is 121 Å². The van der Waals surface area contributed by atoms with Gasteiger partial charge in [-0.3, -0.25) is 4.79 Å². The molecule has 20 heavy (non-hydrogen) atoms. The smallest absolute Gasteiger partial charge is 0.251 e. The van der Waals surface area contributed by atoms with Gasteiger partial charge in [0.25, 0.3) is 5.91 Å². The third-order valence-corrected chi connectivity index (χ3v) is 3.53. The van der Waals surface area contributed by atoms with Crippen molar-refractivity contribution in [2.24, 2.45) is 5.92 Å². The zero-order valence-electron chi connectivity index (χ0n) is 12.7. The summed E-state index contributed by atoms with van der Waals surface area (Å²) in [7, 11) is 0. The number of carbonyl (C=O) groups is 1. The van der Waals surface area contributed by atoms with E-state index in [0.717, 1.165) is 36.8 Å². The summed E-state index contributed by atoms with van der Waals surface area (Å²) in [5.74, 6) is 1.61. The van der Waals surface area contributed by atoms with Crippen LogP contribution in [-0.4, -0.2) is 23.5 Å². The maximum Gasteiger partial charge on any atom is 0.251 e. The first-order valence-corrected chi connectivity index (χ1v) is 7.62. The fourth-order valence-corrected chi connectivity index (χ4v) is 2.36. The number of hydrogen-bond acceptors (Lipinski definition) is 3. The Kier molecular flexibility index (Phi) is 4.99. The fourth-order valence-electron chi connectivity index (χ4n) is 2.36. The molecule has 1 atom stereocenters. The molecule has 1 aromatic heterocycles. The summed E-state index contributed by atoms with van der Waals surface area (Å²) < 4.78 is 0. The highest BCUT2D eigenvalue weighted by Crippen LogP contribution is 2.33. The number of nitrogens with zero attached hydrogens (tertiary/aromatic N) is 1. The van der Waals surface area contributed by atoms with Gasteiger partial charge in [0.2, 0.25) is 0 Å². The number of amides is 1. The van der Waals surface area contributed by atoms with Gasteiger partial charge in [0, 0.05) is 23.8 Å². The van der Waals surface area contributed by atoms with Gasteiger partial charge in [-0.15, -0.1) is 0 Å². The minimum atomic E-state index is 0.00296. The normalized spacial score (nSPS) is 15.8. The van der Waals surface area contributed by atoms with Crippen LogP contribution in [0.15, 0.2) is 12.1 Å². The maximum atomic E-state index is 12.3. The highest BCUT2D eigenvalue weighted by molar-refractivity contribution is 5.95. The molecule has 1 aromatic rings. The minimum absolute atomic E-state index is 0.00296. The van der Waals surface area contributed by atoms with Crippen LogP contribution in [-0.2, 0) is 0 Å². The summed E-state index contributed by atoms with van der Waals surface area (Å²) in [6.07, 6.45) is 4.77. The standard InChI is InChI=1S/C16H25N3O/c1-4-7-17-15-10-14(9-12(3)18-15)16(20)19-11(2)8-13-5-6-13/h9-11,13H,4-8H2,1-3H3,(H,17,18)(H,19,20). The van der Waals surface area contributed by atoms with Crippen molar-refractivity contribution in [2.75, 3.05) is 11.9 Å². The van der Waals surface area contributed by atoms with Crippen LogP contribution in [0.1, 0.15) is 55.6 Å². The first-order chi connectivity index (χ1) is 9.58. The van der Waals surface area contributed by atoms with Crippen LogP contribution in [0.25, 0.3) is 0 Å². The van der Waals surface area contributed by atoms with Gasteiger partial charge >= 0.3 is 0 Å². The van der Waals surface area contributed by atoms with Crippen LogP contribution in [0, 0.1) is 12.8 Å². The summed E-state index contributed by atoms with van der Waals surface area (Å²) >= 11 is 0. The van der Waals surface area contributed by atoms with E-state index in [1.807, 2.05) is 19.1 Å². The summed E-state index contributed by atoms with van der Waals surface area (Å²) in [6, 6.07) is 3.92. The number of rotatable bonds is 7. The zero-order chi connectivity index (χ0) is 14.5. The Hall–Kier alpha value is -1.58. The molecule has 4 heteroatoms. The van der Waals surface area contributed by atoms with E-state index >= 15 is 0 Å². The topological polar surface area (TPSA) is 54.0 Å². The lowest BCUT2D eigenvalue weighted by Crippen LogP contribution is -2.33. The molecule has 2 rings (SSSR count). The molecular weight excluding hydrogens is 250 g/mol. The second-order valence-electron chi connectivity index (χ2n) is 5.86. The van der Waals surface area contributed by atoms with E-state index in [-0.39, 0.29) is 11.9 Å². The molecular formula is C16H25N3O. The average molecular weight is 275 g/mol. The maximum absolute atomic E-state index is 12.3. The lowest BCUT2D eigenvalue weighted by Gasteiger charge is -2.14. The number of nitrogens with one attached hydrogen (secondary N) is 2.